The molecule has 0 saturated heterocycles. The van der Waals surface area contributed by atoms with Crippen molar-refractivity contribution in [2.24, 2.45) is 0 Å². The molecule has 0 aliphatic carbocycles. The molecule has 0 saturated carbocycles. The van der Waals surface area contributed by atoms with Crippen molar-refractivity contribution in [1.29, 1.82) is 0 Å². The van der Waals surface area contributed by atoms with Crippen molar-refractivity contribution in [3.8, 4) is 11.8 Å². The van der Waals surface area contributed by atoms with E-state index in [-0.39, 0.29) is 5.78 Å². The second-order valence-electron chi connectivity index (χ2n) is 2.19. The van der Waals surface area contributed by atoms with E-state index in [9.17, 15) is 4.79 Å². The third-order valence-electron chi connectivity index (χ3n) is 1.07. The maximum atomic E-state index is 11.0. The lowest BCUT2D eigenvalue weighted by Crippen LogP contribution is -1.99. The molecule has 2 heteroatoms. The Morgan fingerprint density at radius 1 is 1.55 bits per heavy atom. The Morgan fingerprint density at radius 2 is 2.27 bits per heavy atom. The number of thioether (sulfide) groups is 1. The zero-order valence-electron chi connectivity index (χ0n) is 7.14. The summed E-state index contributed by atoms with van der Waals surface area (Å²) in [4.78, 5) is 11.0. The van der Waals surface area contributed by atoms with Crippen LogP contribution in [0, 0.1) is 11.8 Å². The smallest absolute Gasteiger partial charge is 0.154 e. The van der Waals surface area contributed by atoms with Crippen LogP contribution in [0.3, 0.4) is 0 Å². The molecule has 0 heterocycles. The summed E-state index contributed by atoms with van der Waals surface area (Å²) < 4.78 is 0. The van der Waals surface area contributed by atoms with E-state index in [1.807, 2.05) is 0 Å². The highest BCUT2D eigenvalue weighted by Gasteiger charge is 1.97. The van der Waals surface area contributed by atoms with Crippen LogP contribution in [-0.4, -0.2) is 17.3 Å². The summed E-state index contributed by atoms with van der Waals surface area (Å²) >= 11 is 1.69. The minimum Gasteiger partial charge on any atom is -0.298 e. The van der Waals surface area contributed by atoms with Gasteiger partial charge in [0.25, 0.3) is 0 Å². The van der Waals surface area contributed by atoms with E-state index in [2.05, 4.69) is 18.8 Å². The summed E-state index contributed by atoms with van der Waals surface area (Å²) in [5.74, 6) is 7.42. The first-order valence-electron chi connectivity index (χ1n) is 3.80. The van der Waals surface area contributed by atoms with E-state index < -0.39 is 0 Å². The van der Waals surface area contributed by atoms with Crippen molar-refractivity contribution in [3.05, 3.63) is 0 Å². The Morgan fingerprint density at radius 3 is 2.82 bits per heavy atom. The van der Waals surface area contributed by atoms with Crippen LogP contribution in [0.5, 0.6) is 0 Å². The normalized spacial score (nSPS) is 8.55. The van der Waals surface area contributed by atoms with Crippen LogP contribution in [-0.2, 0) is 4.79 Å². The number of carbonyl (C=O) groups is 1. The SMILES string of the molecule is CC#CCC(=O)CSCCC. The van der Waals surface area contributed by atoms with E-state index in [1.54, 1.807) is 18.7 Å². The summed E-state index contributed by atoms with van der Waals surface area (Å²) in [5.41, 5.74) is 0. The number of carbonyl (C=O) groups excluding carboxylic acids is 1. The van der Waals surface area contributed by atoms with Crippen molar-refractivity contribution in [2.45, 2.75) is 26.7 Å². The maximum Gasteiger partial charge on any atom is 0.154 e. The first-order chi connectivity index (χ1) is 5.31. The molecule has 62 valence electrons. The fraction of sp³-hybridized carbons (Fsp3) is 0.667. The maximum absolute atomic E-state index is 11.0. The van der Waals surface area contributed by atoms with Gasteiger partial charge in [-0.25, -0.2) is 0 Å². The van der Waals surface area contributed by atoms with Crippen LogP contribution in [0.1, 0.15) is 26.7 Å². The minimum absolute atomic E-state index is 0.248. The van der Waals surface area contributed by atoms with E-state index in [0.29, 0.717) is 12.2 Å². The van der Waals surface area contributed by atoms with Crippen LogP contribution >= 0.6 is 11.8 Å². The van der Waals surface area contributed by atoms with Crippen molar-refractivity contribution in [3.63, 3.8) is 0 Å². The molecule has 0 bridgehead atoms. The highest BCUT2D eigenvalue weighted by molar-refractivity contribution is 7.99. The van der Waals surface area contributed by atoms with Gasteiger partial charge < -0.3 is 0 Å². The summed E-state index contributed by atoms with van der Waals surface area (Å²) in [6.45, 7) is 3.87. The van der Waals surface area contributed by atoms with Gasteiger partial charge in [0.05, 0.1) is 12.2 Å². The average molecular weight is 170 g/mol. The predicted molar refractivity (Wildman–Crippen MR) is 50.7 cm³/mol. The third kappa shape index (κ3) is 7.48. The molecule has 0 amide bonds. The van der Waals surface area contributed by atoms with E-state index >= 15 is 0 Å². The predicted octanol–water partition coefficient (Wildman–Crippen LogP) is 2.11. The first kappa shape index (κ1) is 10.6. The summed E-state index contributed by atoms with van der Waals surface area (Å²) in [6, 6.07) is 0. The molecule has 0 atom stereocenters. The molecule has 0 aliphatic rings. The molecule has 0 aromatic heterocycles. The number of ketones is 1. The van der Waals surface area contributed by atoms with Crippen LogP contribution < -0.4 is 0 Å². The molecule has 0 aromatic carbocycles. The Bertz CT molecular complexity index is 164. The summed E-state index contributed by atoms with van der Waals surface area (Å²) in [6.07, 6.45) is 1.56. The number of Topliss-reactive ketones (excluding diaryl/α,β-unsaturated/α-hetero) is 1. The molecule has 0 unspecified atom stereocenters. The van der Waals surface area contributed by atoms with Crippen LogP contribution in [0.4, 0.5) is 0 Å². The Labute approximate surface area is 72.9 Å². The topological polar surface area (TPSA) is 17.1 Å². The van der Waals surface area contributed by atoms with Gasteiger partial charge in [0, 0.05) is 0 Å². The van der Waals surface area contributed by atoms with E-state index in [1.165, 1.54) is 0 Å². The van der Waals surface area contributed by atoms with Crippen molar-refractivity contribution in [1.82, 2.24) is 0 Å². The zero-order valence-corrected chi connectivity index (χ0v) is 7.96. The van der Waals surface area contributed by atoms with Crippen molar-refractivity contribution in [2.75, 3.05) is 11.5 Å². The number of hydrogen-bond acceptors (Lipinski definition) is 2. The van der Waals surface area contributed by atoms with E-state index in [4.69, 9.17) is 0 Å². The molecular formula is C9H14OS. The Kier molecular flexibility index (Phi) is 7.39. The van der Waals surface area contributed by atoms with Gasteiger partial charge in [-0.2, -0.15) is 11.8 Å². The van der Waals surface area contributed by atoms with Crippen molar-refractivity contribution < 1.29 is 4.79 Å². The van der Waals surface area contributed by atoms with Gasteiger partial charge in [0.15, 0.2) is 5.78 Å². The fourth-order valence-corrected chi connectivity index (χ4v) is 1.33. The lowest BCUT2D eigenvalue weighted by Gasteiger charge is -1.94. The van der Waals surface area contributed by atoms with Crippen LogP contribution in [0.25, 0.3) is 0 Å². The number of hydrogen-bond donors (Lipinski definition) is 0. The second kappa shape index (κ2) is 7.68. The summed E-state index contributed by atoms with van der Waals surface area (Å²) in [7, 11) is 0. The van der Waals surface area contributed by atoms with Gasteiger partial charge >= 0.3 is 0 Å². The number of rotatable bonds is 5. The van der Waals surface area contributed by atoms with E-state index in [0.717, 1.165) is 12.2 Å². The summed E-state index contributed by atoms with van der Waals surface area (Å²) in [5, 5.41) is 0. The molecule has 0 N–H and O–H groups in total. The quantitative estimate of drug-likeness (QED) is 0.464. The molecule has 0 aromatic rings. The lowest BCUT2D eigenvalue weighted by molar-refractivity contribution is -0.115. The highest BCUT2D eigenvalue weighted by Crippen LogP contribution is 2.02. The fourth-order valence-electron chi connectivity index (χ4n) is 0.568. The lowest BCUT2D eigenvalue weighted by atomic mass is 10.3. The van der Waals surface area contributed by atoms with Gasteiger partial charge in [0.1, 0.15) is 0 Å². The molecule has 0 rings (SSSR count). The third-order valence-corrected chi connectivity index (χ3v) is 2.30. The minimum atomic E-state index is 0.248. The first-order valence-corrected chi connectivity index (χ1v) is 4.95. The van der Waals surface area contributed by atoms with Gasteiger partial charge in [-0.05, 0) is 19.1 Å². The largest absolute Gasteiger partial charge is 0.298 e. The van der Waals surface area contributed by atoms with Crippen LogP contribution in [0.2, 0.25) is 0 Å². The Hall–Kier alpha value is -0.420. The highest BCUT2D eigenvalue weighted by atomic mass is 32.2. The van der Waals surface area contributed by atoms with Gasteiger partial charge in [-0.3, -0.25) is 4.79 Å². The van der Waals surface area contributed by atoms with Gasteiger partial charge in [0.2, 0.25) is 0 Å². The molecular weight excluding hydrogens is 156 g/mol. The molecule has 0 radical (unpaired) electrons. The second-order valence-corrected chi connectivity index (χ2v) is 3.30. The van der Waals surface area contributed by atoms with Crippen molar-refractivity contribution >= 4 is 17.5 Å². The molecule has 11 heavy (non-hydrogen) atoms. The zero-order chi connectivity index (χ0) is 8.53. The van der Waals surface area contributed by atoms with Crippen LogP contribution in [0.15, 0.2) is 0 Å². The Balaban J connectivity index is 3.27. The van der Waals surface area contributed by atoms with Gasteiger partial charge in [-0.1, -0.05) is 12.8 Å². The molecule has 0 aliphatic heterocycles. The molecule has 0 spiro atoms. The molecule has 1 nitrogen and oxygen atoms in total. The monoisotopic (exact) mass is 170 g/mol. The molecule has 0 fully saturated rings. The average Bonchev–Trinajstić information content (AvgIpc) is 2.01. The standard InChI is InChI=1S/C9H14OS/c1-3-5-6-9(10)8-11-7-4-2/h4,6-8H2,1-2H3. The van der Waals surface area contributed by atoms with Gasteiger partial charge in [-0.15, -0.1) is 5.92 Å².